The van der Waals surface area contributed by atoms with Crippen molar-refractivity contribution in [3.63, 3.8) is 0 Å². The lowest BCUT2D eigenvalue weighted by atomic mass is 10.2. The van der Waals surface area contributed by atoms with Gasteiger partial charge in [-0.15, -0.1) is 0 Å². The van der Waals surface area contributed by atoms with Gasteiger partial charge in [0.1, 0.15) is 5.69 Å². The first kappa shape index (κ1) is 14.4. The molecule has 2 aromatic heterocycles. The normalized spacial score (nSPS) is 11.3. The average molecular weight is 344 g/mol. The van der Waals surface area contributed by atoms with E-state index in [1.165, 1.54) is 10.7 Å². The highest BCUT2D eigenvalue weighted by atomic mass is 35.5. The van der Waals surface area contributed by atoms with E-state index in [-0.39, 0.29) is 0 Å². The molecular weight excluding hydrogens is 335 g/mol. The van der Waals surface area contributed by atoms with Gasteiger partial charge in [0.05, 0.1) is 21.1 Å². The van der Waals surface area contributed by atoms with Crippen molar-refractivity contribution in [2.45, 2.75) is 13.8 Å². The topological polar surface area (TPSA) is 48.0 Å². The highest BCUT2D eigenvalue weighted by Crippen LogP contribution is 2.34. The first-order valence-corrected chi connectivity index (χ1v) is 7.17. The molecule has 0 saturated heterocycles. The number of aryl methyl sites for hydroxylation is 2. The van der Waals surface area contributed by atoms with Crippen LogP contribution in [0.5, 0.6) is 0 Å². The third kappa shape index (κ3) is 2.33. The fourth-order valence-electron chi connectivity index (χ4n) is 2.32. The van der Waals surface area contributed by atoms with Gasteiger partial charge in [-0.05, 0) is 31.5 Å². The van der Waals surface area contributed by atoms with E-state index in [4.69, 9.17) is 39.2 Å². The van der Waals surface area contributed by atoms with Crippen molar-refractivity contribution in [1.82, 2.24) is 9.78 Å². The minimum absolute atomic E-state index is 0.309. The predicted molar refractivity (Wildman–Crippen MR) is 84.1 cm³/mol. The van der Waals surface area contributed by atoms with Crippen molar-refractivity contribution in [3.05, 3.63) is 54.9 Å². The molecule has 0 radical (unpaired) electrons. The van der Waals surface area contributed by atoms with Crippen molar-refractivity contribution >= 4 is 45.9 Å². The van der Waals surface area contributed by atoms with Crippen LogP contribution in [-0.4, -0.2) is 9.78 Å². The molecule has 21 heavy (non-hydrogen) atoms. The molecule has 7 heteroatoms. The maximum atomic E-state index is 11.6. The van der Waals surface area contributed by atoms with Gasteiger partial charge in [-0.2, -0.15) is 9.78 Å². The van der Waals surface area contributed by atoms with E-state index < -0.39 is 5.63 Å². The van der Waals surface area contributed by atoms with Gasteiger partial charge in [0.2, 0.25) is 5.71 Å². The van der Waals surface area contributed by atoms with Crippen molar-refractivity contribution in [2.75, 3.05) is 0 Å². The van der Waals surface area contributed by atoms with Crippen LogP contribution in [0.1, 0.15) is 11.3 Å². The minimum atomic E-state index is -0.456. The summed E-state index contributed by atoms with van der Waals surface area (Å²) in [7, 11) is 0. The average Bonchev–Trinajstić information content (AvgIpc) is 2.65. The number of rotatable bonds is 1. The van der Waals surface area contributed by atoms with Crippen LogP contribution in [0.25, 0.3) is 16.8 Å². The number of hydrogen-bond donors (Lipinski definition) is 0. The number of hydrogen-bond acceptors (Lipinski definition) is 3. The molecule has 108 valence electrons. The van der Waals surface area contributed by atoms with Crippen LogP contribution in [-0.2, 0) is 0 Å². The van der Waals surface area contributed by atoms with Crippen LogP contribution in [0.3, 0.4) is 0 Å². The van der Waals surface area contributed by atoms with Crippen molar-refractivity contribution in [3.8, 4) is 5.69 Å². The SMILES string of the molecule is Cc1cc(=O)oc2c1c(C)nn2-c1c(Cl)cc(Cl)cc1Cl. The summed E-state index contributed by atoms with van der Waals surface area (Å²) in [4.78, 5) is 11.6. The molecule has 0 aliphatic carbocycles. The Labute approximate surface area is 134 Å². The van der Waals surface area contributed by atoms with Gasteiger partial charge in [-0.3, -0.25) is 0 Å². The van der Waals surface area contributed by atoms with Gasteiger partial charge in [0.15, 0.2) is 0 Å². The van der Waals surface area contributed by atoms with E-state index in [9.17, 15) is 4.79 Å². The highest BCUT2D eigenvalue weighted by Gasteiger charge is 2.19. The smallest absolute Gasteiger partial charge is 0.337 e. The fourth-order valence-corrected chi connectivity index (χ4v) is 3.29. The summed E-state index contributed by atoms with van der Waals surface area (Å²) >= 11 is 18.3. The predicted octanol–water partition coefficient (Wildman–Crippen LogP) is 4.56. The van der Waals surface area contributed by atoms with Crippen LogP contribution >= 0.6 is 34.8 Å². The number of halogens is 3. The van der Waals surface area contributed by atoms with Crippen LogP contribution in [0.2, 0.25) is 15.1 Å². The van der Waals surface area contributed by atoms with Gasteiger partial charge < -0.3 is 4.42 Å². The Morgan fingerprint density at radius 3 is 2.33 bits per heavy atom. The molecule has 0 atom stereocenters. The number of benzene rings is 1. The Hall–Kier alpha value is -1.49. The van der Waals surface area contributed by atoms with E-state index in [1.54, 1.807) is 12.1 Å². The summed E-state index contributed by atoms with van der Waals surface area (Å²) in [5.74, 6) is 0. The standard InChI is InChI=1S/C14H9Cl3N2O2/c1-6-3-11(20)21-14-12(6)7(2)18-19(14)13-9(16)4-8(15)5-10(13)17/h3-5H,1-2H3. The maximum Gasteiger partial charge on any atom is 0.337 e. The molecule has 0 aliphatic heterocycles. The molecular formula is C14H9Cl3N2O2. The molecule has 3 aromatic rings. The highest BCUT2D eigenvalue weighted by molar-refractivity contribution is 6.40. The molecule has 0 amide bonds. The number of fused-ring (bicyclic) bond motifs is 1. The Morgan fingerprint density at radius 2 is 1.71 bits per heavy atom. The Morgan fingerprint density at radius 1 is 1.10 bits per heavy atom. The molecule has 0 aliphatic rings. The molecule has 1 aromatic carbocycles. The Kier molecular flexibility index (Phi) is 3.48. The summed E-state index contributed by atoms with van der Waals surface area (Å²) < 4.78 is 6.71. The maximum absolute atomic E-state index is 11.6. The molecule has 0 fully saturated rings. The first-order chi connectivity index (χ1) is 9.88. The quantitative estimate of drug-likeness (QED) is 0.651. The second-order valence-electron chi connectivity index (χ2n) is 4.64. The van der Waals surface area contributed by atoms with E-state index >= 15 is 0 Å². The van der Waals surface area contributed by atoms with Crippen LogP contribution in [0, 0.1) is 13.8 Å². The van der Waals surface area contributed by atoms with Gasteiger partial charge in [-0.25, -0.2) is 4.79 Å². The molecule has 0 unspecified atom stereocenters. The third-order valence-corrected chi connectivity index (χ3v) is 3.93. The first-order valence-electron chi connectivity index (χ1n) is 6.03. The van der Waals surface area contributed by atoms with Gasteiger partial charge in [-0.1, -0.05) is 34.8 Å². The molecule has 0 N–H and O–H groups in total. The van der Waals surface area contributed by atoms with Crippen molar-refractivity contribution in [1.29, 1.82) is 0 Å². The molecule has 0 spiro atoms. The molecule has 4 nitrogen and oxygen atoms in total. The van der Waals surface area contributed by atoms with Crippen LogP contribution in [0.4, 0.5) is 0 Å². The summed E-state index contributed by atoms with van der Waals surface area (Å²) in [6.45, 7) is 3.65. The zero-order valence-corrected chi connectivity index (χ0v) is 13.3. The number of aromatic nitrogens is 2. The Balaban J connectivity index is 2.45. The zero-order valence-electron chi connectivity index (χ0n) is 11.1. The van der Waals surface area contributed by atoms with E-state index in [0.717, 1.165) is 10.9 Å². The lowest BCUT2D eigenvalue weighted by Crippen LogP contribution is -2.03. The largest absolute Gasteiger partial charge is 0.403 e. The molecule has 0 saturated carbocycles. The summed E-state index contributed by atoms with van der Waals surface area (Å²) in [5, 5.41) is 6.20. The summed E-state index contributed by atoms with van der Waals surface area (Å²) in [6, 6.07) is 4.54. The summed E-state index contributed by atoms with van der Waals surface area (Å²) in [6.07, 6.45) is 0. The summed E-state index contributed by atoms with van der Waals surface area (Å²) in [5.41, 5.74) is 1.78. The van der Waals surface area contributed by atoms with Crippen LogP contribution in [0.15, 0.2) is 27.4 Å². The third-order valence-electron chi connectivity index (χ3n) is 3.14. The molecule has 3 rings (SSSR count). The van der Waals surface area contributed by atoms with E-state index in [2.05, 4.69) is 5.10 Å². The number of nitrogens with zero attached hydrogens (tertiary/aromatic N) is 2. The van der Waals surface area contributed by atoms with Gasteiger partial charge in [0, 0.05) is 11.1 Å². The lowest BCUT2D eigenvalue weighted by molar-refractivity contribution is 0.534. The fraction of sp³-hybridized carbons (Fsp3) is 0.143. The van der Waals surface area contributed by atoms with Gasteiger partial charge in [0.25, 0.3) is 0 Å². The van der Waals surface area contributed by atoms with Gasteiger partial charge >= 0.3 is 5.63 Å². The zero-order chi connectivity index (χ0) is 15.3. The minimum Gasteiger partial charge on any atom is -0.403 e. The second kappa shape index (κ2) is 5.05. The van der Waals surface area contributed by atoms with E-state index in [0.29, 0.717) is 32.2 Å². The monoisotopic (exact) mass is 342 g/mol. The molecule has 2 heterocycles. The van der Waals surface area contributed by atoms with Crippen molar-refractivity contribution in [2.24, 2.45) is 0 Å². The molecule has 0 bridgehead atoms. The Bertz CT molecular complexity index is 905. The van der Waals surface area contributed by atoms with Crippen LogP contribution < -0.4 is 5.63 Å². The second-order valence-corrected chi connectivity index (χ2v) is 5.89. The van der Waals surface area contributed by atoms with E-state index in [1.807, 2.05) is 13.8 Å². The van der Waals surface area contributed by atoms with Crippen molar-refractivity contribution < 1.29 is 4.42 Å². The lowest BCUT2D eigenvalue weighted by Gasteiger charge is -2.08.